The van der Waals surface area contributed by atoms with Gasteiger partial charge in [-0.15, -0.1) is 0 Å². The Morgan fingerprint density at radius 3 is 2.33 bits per heavy atom. The van der Waals surface area contributed by atoms with Crippen LogP contribution >= 0.6 is 11.6 Å². The Bertz CT molecular complexity index is 607. The molecule has 0 bridgehead atoms. The molecule has 3 rings (SSSR count). The molecule has 0 spiro atoms. The molecule has 1 heterocycles. The molecule has 0 saturated carbocycles. The van der Waals surface area contributed by atoms with E-state index >= 15 is 0 Å². The van der Waals surface area contributed by atoms with Gasteiger partial charge in [-0.2, -0.15) is 0 Å². The SMILES string of the molecule is Nc1cc(Cc2ccc(Cl)cc2)ccc1N1CCOCC1. The largest absolute Gasteiger partial charge is 0.397 e. The van der Waals surface area contributed by atoms with Gasteiger partial charge in [0.1, 0.15) is 0 Å². The number of anilines is 2. The lowest BCUT2D eigenvalue weighted by Gasteiger charge is -2.30. The second-order valence-electron chi connectivity index (χ2n) is 5.30. The molecule has 2 aromatic rings. The first kappa shape index (κ1) is 14.2. The fourth-order valence-electron chi connectivity index (χ4n) is 2.64. The highest BCUT2D eigenvalue weighted by atomic mass is 35.5. The maximum atomic E-state index is 6.23. The molecule has 0 unspecified atom stereocenters. The first-order valence-electron chi connectivity index (χ1n) is 7.18. The van der Waals surface area contributed by atoms with Crippen molar-refractivity contribution >= 4 is 23.0 Å². The summed E-state index contributed by atoms with van der Waals surface area (Å²) in [7, 11) is 0. The van der Waals surface area contributed by atoms with Gasteiger partial charge >= 0.3 is 0 Å². The van der Waals surface area contributed by atoms with E-state index < -0.39 is 0 Å². The maximum absolute atomic E-state index is 6.23. The first-order valence-corrected chi connectivity index (χ1v) is 7.56. The normalized spacial score (nSPS) is 15.2. The van der Waals surface area contributed by atoms with E-state index in [1.54, 1.807) is 0 Å². The lowest BCUT2D eigenvalue weighted by molar-refractivity contribution is 0.123. The molecule has 0 aliphatic carbocycles. The van der Waals surface area contributed by atoms with Crippen LogP contribution in [0.2, 0.25) is 5.02 Å². The van der Waals surface area contributed by atoms with Gasteiger partial charge in [0.05, 0.1) is 24.6 Å². The minimum atomic E-state index is 0.765. The standard InChI is InChI=1S/C17H19ClN2O/c18-15-4-1-13(2-5-15)11-14-3-6-17(16(19)12-14)20-7-9-21-10-8-20/h1-6,12H,7-11,19H2. The van der Waals surface area contributed by atoms with Crippen molar-refractivity contribution in [2.24, 2.45) is 0 Å². The highest BCUT2D eigenvalue weighted by Gasteiger charge is 2.13. The second kappa shape index (κ2) is 6.37. The molecule has 0 radical (unpaired) electrons. The topological polar surface area (TPSA) is 38.5 Å². The number of rotatable bonds is 3. The number of hydrogen-bond acceptors (Lipinski definition) is 3. The molecule has 3 nitrogen and oxygen atoms in total. The van der Waals surface area contributed by atoms with E-state index in [-0.39, 0.29) is 0 Å². The van der Waals surface area contributed by atoms with Crippen molar-refractivity contribution in [2.75, 3.05) is 36.9 Å². The van der Waals surface area contributed by atoms with Crippen molar-refractivity contribution in [1.29, 1.82) is 0 Å². The number of benzene rings is 2. The van der Waals surface area contributed by atoms with Crippen LogP contribution in [-0.4, -0.2) is 26.3 Å². The average Bonchev–Trinajstić information content (AvgIpc) is 2.51. The van der Waals surface area contributed by atoms with Gasteiger partial charge in [-0.05, 0) is 41.8 Å². The summed E-state index contributed by atoms with van der Waals surface area (Å²) in [6.07, 6.45) is 0.866. The smallest absolute Gasteiger partial charge is 0.0642 e. The number of halogens is 1. The monoisotopic (exact) mass is 302 g/mol. The lowest BCUT2D eigenvalue weighted by atomic mass is 10.0. The van der Waals surface area contributed by atoms with E-state index in [1.165, 1.54) is 11.1 Å². The summed E-state index contributed by atoms with van der Waals surface area (Å²) in [5.41, 5.74) is 10.6. The Hall–Kier alpha value is -1.71. The molecular formula is C17H19ClN2O. The number of hydrogen-bond donors (Lipinski definition) is 1. The van der Waals surface area contributed by atoms with Gasteiger partial charge in [0, 0.05) is 18.1 Å². The maximum Gasteiger partial charge on any atom is 0.0642 e. The van der Waals surface area contributed by atoms with Crippen molar-refractivity contribution in [2.45, 2.75) is 6.42 Å². The van der Waals surface area contributed by atoms with Gasteiger partial charge < -0.3 is 15.4 Å². The van der Waals surface area contributed by atoms with Gasteiger partial charge in [-0.25, -0.2) is 0 Å². The molecule has 4 heteroatoms. The van der Waals surface area contributed by atoms with Crippen molar-refractivity contribution < 1.29 is 4.74 Å². The molecule has 110 valence electrons. The molecule has 2 aromatic carbocycles. The molecule has 1 aliphatic heterocycles. The molecule has 0 atom stereocenters. The van der Waals surface area contributed by atoms with E-state index in [1.807, 2.05) is 12.1 Å². The molecule has 2 N–H and O–H groups in total. The molecule has 1 aliphatic rings. The second-order valence-corrected chi connectivity index (χ2v) is 5.73. The number of nitrogens with zero attached hydrogens (tertiary/aromatic N) is 1. The minimum absolute atomic E-state index is 0.765. The van der Waals surface area contributed by atoms with E-state index in [9.17, 15) is 0 Å². The van der Waals surface area contributed by atoms with Gasteiger partial charge in [0.25, 0.3) is 0 Å². The van der Waals surface area contributed by atoms with E-state index in [4.69, 9.17) is 22.1 Å². The molecular weight excluding hydrogens is 284 g/mol. The summed E-state index contributed by atoms with van der Waals surface area (Å²) in [4.78, 5) is 2.28. The predicted octanol–water partition coefficient (Wildman–Crippen LogP) is 3.35. The van der Waals surface area contributed by atoms with Crippen LogP contribution < -0.4 is 10.6 Å². The predicted molar refractivity (Wildman–Crippen MR) is 88.1 cm³/mol. The summed E-state index contributed by atoms with van der Waals surface area (Å²) in [6, 6.07) is 14.3. The van der Waals surface area contributed by atoms with E-state index in [0.29, 0.717) is 0 Å². The number of nitrogens with two attached hydrogens (primary N) is 1. The Morgan fingerprint density at radius 2 is 1.67 bits per heavy atom. The van der Waals surface area contributed by atoms with Crippen molar-refractivity contribution in [1.82, 2.24) is 0 Å². The van der Waals surface area contributed by atoms with Crippen LogP contribution in [-0.2, 0) is 11.2 Å². The van der Waals surface area contributed by atoms with Crippen LogP contribution in [0, 0.1) is 0 Å². The van der Waals surface area contributed by atoms with E-state index in [0.717, 1.165) is 49.1 Å². The molecule has 0 amide bonds. The highest BCUT2D eigenvalue weighted by molar-refractivity contribution is 6.30. The summed E-state index contributed by atoms with van der Waals surface area (Å²) in [5, 5.41) is 0.765. The van der Waals surface area contributed by atoms with Crippen molar-refractivity contribution in [3.63, 3.8) is 0 Å². The zero-order chi connectivity index (χ0) is 14.7. The Balaban J connectivity index is 1.75. The van der Waals surface area contributed by atoms with Crippen LogP contribution in [0.4, 0.5) is 11.4 Å². The fraction of sp³-hybridized carbons (Fsp3) is 0.294. The van der Waals surface area contributed by atoms with Crippen LogP contribution in [0.5, 0.6) is 0 Å². The molecule has 1 saturated heterocycles. The van der Waals surface area contributed by atoms with Crippen LogP contribution in [0.25, 0.3) is 0 Å². The zero-order valence-electron chi connectivity index (χ0n) is 11.9. The Morgan fingerprint density at radius 1 is 1.00 bits per heavy atom. The third-order valence-electron chi connectivity index (χ3n) is 3.77. The van der Waals surface area contributed by atoms with Gasteiger partial charge in [0.2, 0.25) is 0 Å². The molecule has 1 fully saturated rings. The highest BCUT2D eigenvalue weighted by Crippen LogP contribution is 2.26. The van der Waals surface area contributed by atoms with Gasteiger partial charge in [-0.3, -0.25) is 0 Å². The van der Waals surface area contributed by atoms with E-state index in [2.05, 4.69) is 35.2 Å². The van der Waals surface area contributed by atoms with Crippen LogP contribution in [0.1, 0.15) is 11.1 Å². The summed E-state index contributed by atoms with van der Waals surface area (Å²) in [6.45, 7) is 3.35. The lowest BCUT2D eigenvalue weighted by Crippen LogP contribution is -2.36. The third kappa shape index (κ3) is 3.49. The Kier molecular flexibility index (Phi) is 4.32. The Labute approximate surface area is 130 Å². The summed E-state index contributed by atoms with van der Waals surface area (Å²) in [5.74, 6) is 0. The first-order chi connectivity index (χ1) is 10.2. The fourth-order valence-corrected chi connectivity index (χ4v) is 2.77. The summed E-state index contributed by atoms with van der Waals surface area (Å²) < 4.78 is 5.38. The van der Waals surface area contributed by atoms with Gasteiger partial charge in [-0.1, -0.05) is 29.8 Å². The van der Waals surface area contributed by atoms with Gasteiger partial charge in [0.15, 0.2) is 0 Å². The third-order valence-corrected chi connectivity index (χ3v) is 4.02. The molecule has 21 heavy (non-hydrogen) atoms. The number of ether oxygens (including phenoxy) is 1. The van der Waals surface area contributed by atoms with Crippen LogP contribution in [0.3, 0.4) is 0 Å². The zero-order valence-corrected chi connectivity index (χ0v) is 12.6. The van der Waals surface area contributed by atoms with Crippen molar-refractivity contribution in [3.8, 4) is 0 Å². The van der Waals surface area contributed by atoms with Crippen molar-refractivity contribution in [3.05, 3.63) is 58.6 Å². The minimum Gasteiger partial charge on any atom is -0.397 e. The summed E-state index contributed by atoms with van der Waals surface area (Å²) >= 11 is 5.91. The number of morpholine rings is 1. The number of nitrogen functional groups attached to an aromatic ring is 1. The molecule has 0 aromatic heterocycles. The average molecular weight is 303 g/mol. The van der Waals surface area contributed by atoms with Crippen LogP contribution in [0.15, 0.2) is 42.5 Å². The quantitative estimate of drug-likeness (QED) is 0.884.